The molecule has 1 saturated heterocycles. The average molecular weight is 385 g/mol. The van der Waals surface area contributed by atoms with Crippen molar-refractivity contribution in [2.24, 2.45) is 0 Å². The van der Waals surface area contributed by atoms with Gasteiger partial charge >= 0.3 is 0 Å². The Morgan fingerprint density at radius 2 is 1.88 bits per heavy atom. The van der Waals surface area contributed by atoms with Crippen LogP contribution in [0.4, 0.5) is 0 Å². The minimum absolute atomic E-state index is 0.0283. The Hall–Kier alpha value is -2.17. The Kier molecular flexibility index (Phi) is 6.21. The van der Waals surface area contributed by atoms with Crippen molar-refractivity contribution in [3.63, 3.8) is 0 Å². The van der Waals surface area contributed by atoms with Crippen molar-refractivity contribution in [1.29, 1.82) is 0 Å². The highest BCUT2D eigenvalue weighted by Crippen LogP contribution is 2.25. The summed E-state index contributed by atoms with van der Waals surface area (Å²) in [5.74, 6) is -0.798. The van der Waals surface area contributed by atoms with Crippen LogP contribution in [0.2, 0.25) is 0 Å². The van der Waals surface area contributed by atoms with Gasteiger partial charge in [0.05, 0.1) is 18.4 Å². The molecule has 9 nitrogen and oxygen atoms in total. The lowest BCUT2D eigenvalue weighted by atomic mass is 10.2. The van der Waals surface area contributed by atoms with Gasteiger partial charge in [-0.1, -0.05) is 0 Å². The van der Waals surface area contributed by atoms with Gasteiger partial charge in [-0.15, -0.1) is 0 Å². The Balaban J connectivity index is 2.43. The molecule has 0 aliphatic carbocycles. The Labute approximate surface area is 152 Å². The summed E-state index contributed by atoms with van der Waals surface area (Å²) in [4.78, 5) is 26.0. The number of rotatable bonds is 5. The summed E-state index contributed by atoms with van der Waals surface area (Å²) < 4.78 is 32.1. The van der Waals surface area contributed by atoms with Crippen molar-refractivity contribution in [3.8, 4) is 5.75 Å². The van der Waals surface area contributed by atoms with E-state index in [4.69, 9.17) is 9.94 Å². The first-order valence-corrected chi connectivity index (χ1v) is 9.55. The summed E-state index contributed by atoms with van der Waals surface area (Å²) in [6, 6.07) is 4.27. The fourth-order valence-electron chi connectivity index (χ4n) is 2.89. The molecule has 0 saturated carbocycles. The van der Waals surface area contributed by atoms with Crippen LogP contribution in [-0.4, -0.2) is 66.9 Å². The lowest BCUT2D eigenvalue weighted by Gasteiger charge is -2.27. The lowest BCUT2D eigenvalue weighted by molar-refractivity contribution is -0.138. The molecule has 1 aliphatic heterocycles. The fraction of sp³-hybridized carbons (Fsp3) is 0.500. The zero-order chi connectivity index (χ0) is 19.5. The highest BCUT2D eigenvalue weighted by Gasteiger charge is 2.41. The van der Waals surface area contributed by atoms with Crippen LogP contribution in [0.5, 0.6) is 5.75 Å². The van der Waals surface area contributed by atoms with Crippen molar-refractivity contribution in [2.45, 2.75) is 37.2 Å². The molecule has 1 aromatic carbocycles. The number of nitrogens with one attached hydrogen (secondary N) is 1. The summed E-state index contributed by atoms with van der Waals surface area (Å²) in [5, 5.41) is 9.00. The molecule has 26 heavy (non-hydrogen) atoms. The zero-order valence-electron chi connectivity index (χ0n) is 14.9. The number of nitrogens with zero attached hydrogens (tertiary/aromatic N) is 2. The van der Waals surface area contributed by atoms with Crippen LogP contribution >= 0.6 is 0 Å². The molecule has 2 N–H and O–H groups in total. The number of hydrogen-bond donors (Lipinski definition) is 2. The van der Waals surface area contributed by atoms with Gasteiger partial charge in [-0.25, -0.2) is 13.9 Å². The number of benzene rings is 1. The van der Waals surface area contributed by atoms with E-state index in [1.54, 1.807) is 0 Å². The van der Waals surface area contributed by atoms with Crippen LogP contribution in [0.25, 0.3) is 0 Å². The molecular weight excluding hydrogens is 362 g/mol. The van der Waals surface area contributed by atoms with Crippen molar-refractivity contribution >= 4 is 21.8 Å². The predicted molar refractivity (Wildman–Crippen MR) is 92.1 cm³/mol. The molecule has 10 heteroatoms. The molecule has 1 heterocycles. The van der Waals surface area contributed by atoms with Crippen molar-refractivity contribution in [1.82, 2.24) is 14.7 Å². The normalized spacial score (nSPS) is 19.3. The van der Waals surface area contributed by atoms with Gasteiger partial charge in [0.1, 0.15) is 11.8 Å². The Morgan fingerprint density at radius 1 is 1.27 bits per heavy atom. The van der Waals surface area contributed by atoms with Gasteiger partial charge in [0, 0.05) is 19.1 Å². The van der Waals surface area contributed by atoms with E-state index >= 15 is 0 Å². The molecule has 0 bridgehead atoms. The predicted octanol–water partition coefficient (Wildman–Crippen LogP) is 0.201. The SMILES string of the molecule is COc1ccc(S(=O)(=O)N2CCN(C(C)C)C(=O)CC2C(=O)NO)cc1. The van der Waals surface area contributed by atoms with Gasteiger partial charge in [-0.2, -0.15) is 4.31 Å². The molecule has 1 aromatic rings. The maximum absolute atomic E-state index is 13.0. The minimum atomic E-state index is -4.06. The van der Waals surface area contributed by atoms with Crippen LogP contribution in [0.1, 0.15) is 20.3 Å². The molecule has 1 aliphatic rings. The summed E-state index contributed by atoms with van der Waals surface area (Å²) in [6.07, 6.45) is -0.347. The topological polar surface area (TPSA) is 116 Å². The van der Waals surface area contributed by atoms with Crippen LogP contribution in [0.15, 0.2) is 29.2 Å². The van der Waals surface area contributed by atoms with Crippen molar-refractivity contribution < 1.29 is 28.0 Å². The summed E-state index contributed by atoms with van der Waals surface area (Å²) in [7, 11) is -2.60. The van der Waals surface area contributed by atoms with Crippen LogP contribution in [-0.2, 0) is 19.6 Å². The highest BCUT2D eigenvalue weighted by molar-refractivity contribution is 7.89. The number of carbonyl (C=O) groups excluding carboxylic acids is 2. The number of amides is 2. The Bertz CT molecular complexity index is 763. The van der Waals surface area contributed by atoms with Gasteiger partial charge in [-0.05, 0) is 38.1 Å². The molecular formula is C16H23N3O6S. The van der Waals surface area contributed by atoms with Crippen LogP contribution in [0, 0.1) is 0 Å². The lowest BCUT2D eigenvalue weighted by Crippen LogP contribution is -2.49. The highest BCUT2D eigenvalue weighted by atomic mass is 32.2. The molecule has 0 spiro atoms. The third kappa shape index (κ3) is 3.97. The number of sulfonamides is 1. The van der Waals surface area contributed by atoms with E-state index in [-0.39, 0.29) is 36.4 Å². The zero-order valence-corrected chi connectivity index (χ0v) is 15.7. The van der Waals surface area contributed by atoms with E-state index in [1.807, 2.05) is 13.8 Å². The first kappa shape index (κ1) is 20.1. The molecule has 144 valence electrons. The quantitative estimate of drug-likeness (QED) is 0.553. The van der Waals surface area contributed by atoms with Gasteiger partial charge in [0.25, 0.3) is 5.91 Å². The minimum Gasteiger partial charge on any atom is -0.497 e. The second-order valence-electron chi connectivity index (χ2n) is 6.17. The number of hydroxylamine groups is 1. The standard InChI is InChI=1S/C16H23N3O6S/c1-11(2)18-8-9-19(14(10-15(18)20)16(21)17-22)26(23,24)13-6-4-12(25-3)5-7-13/h4-7,11,14,22H,8-10H2,1-3H3,(H,17,21). The number of ether oxygens (including phenoxy) is 1. The maximum atomic E-state index is 13.0. The second kappa shape index (κ2) is 8.02. The fourth-order valence-corrected chi connectivity index (χ4v) is 4.46. The van der Waals surface area contributed by atoms with Crippen molar-refractivity contribution in [3.05, 3.63) is 24.3 Å². The smallest absolute Gasteiger partial charge is 0.262 e. The van der Waals surface area contributed by atoms with Crippen LogP contribution in [0.3, 0.4) is 0 Å². The molecule has 0 aromatic heterocycles. The molecule has 1 fully saturated rings. The first-order valence-electron chi connectivity index (χ1n) is 8.11. The monoisotopic (exact) mass is 385 g/mol. The average Bonchev–Trinajstić information content (AvgIpc) is 2.80. The summed E-state index contributed by atoms with van der Waals surface area (Å²) >= 11 is 0. The van der Waals surface area contributed by atoms with E-state index in [0.717, 1.165) is 4.31 Å². The molecule has 1 atom stereocenters. The first-order chi connectivity index (χ1) is 12.2. The maximum Gasteiger partial charge on any atom is 0.262 e. The Morgan fingerprint density at radius 3 is 2.38 bits per heavy atom. The third-order valence-corrected chi connectivity index (χ3v) is 6.22. The van der Waals surface area contributed by atoms with Gasteiger partial charge in [0.2, 0.25) is 15.9 Å². The van der Waals surface area contributed by atoms with E-state index in [9.17, 15) is 18.0 Å². The second-order valence-corrected chi connectivity index (χ2v) is 8.06. The largest absolute Gasteiger partial charge is 0.497 e. The summed E-state index contributed by atoms with van der Waals surface area (Å²) in [5.41, 5.74) is 1.46. The number of methoxy groups -OCH3 is 1. The molecule has 1 unspecified atom stereocenters. The number of carbonyl (C=O) groups is 2. The molecule has 2 amide bonds. The van der Waals surface area contributed by atoms with Gasteiger partial charge in [0.15, 0.2) is 0 Å². The van der Waals surface area contributed by atoms with E-state index < -0.39 is 22.0 Å². The van der Waals surface area contributed by atoms with E-state index in [0.29, 0.717) is 5.75 Å². The third-order valence-electron chi connectivity index (χ3n) is 4.30. The molecule has 0 radical (unpaired) electrons. The van der Waals surface area contributed by atoms with Gasteiger partial charge in [-0.3, -0.25) is 14.8 Å². The number of hydrogen-bond acceptors (Lipinski definition) is 6. The van der Waals surface area contributed by atoms with Gasteiger partial charge < -0.3 is 9.64 Å². The molecule has 2 rings (SSSR count). The van der Waals surface area contributed by atoms with Crippen LogP contribution < -0.4 is 10.2 Å². The van der Waals surface area contributed by atoms with E-state index in [1.165, 1.54) is 41.8 Å². The summed E-state index contributed by atoms with van der Waals surface area (Å²) in [6.45, 7) is 3.72. The van der Waals surface area contributed by atoms with E-state index in [2.05, 4.69) is 0 Å². The van der Waals surface area contributed by atoms with Crippen molar-refractivity contribution in [2.75, 3.05) is 20.2 Å².